The number of hydrogen-bond acceptors (Lipinski definition) is 4. The number of nitrogens with zero attached hydrogens (tertiary/aromatic N) is 4. The average molecular weight is 378 g/mol. The van der Waals surface area contributed by atoms with Gasteiger partial charge in [-0.1, -0.05) is 30.3 Å². The third kappa shape index (κ3) is 3.44. The summed E-state index contributed by atoms with van der Waals surface area (Å²) in [4.78, 5) is 4.09. The van der Waals surface area contributed by atoms with Crippen LogP contribution in [-0.2, 0) is 22.2 Å². The van der Waals surface area contributed by atoms with E-state index in [-0.39, 0.29) is 11.8 Å². The Morgan fingerprint density at radius 3 is 2.81 bits per heavy atom. The maximum absolute atomic E-state index is 13.3. The third-order valence-electron chi connectivity index (χ3n) is 4.78. The van der Waals surface area contributed by atoms with E-state index >= 15 is 0 Å². The number of aromatic nitrogens is 2. The Morgan fingerprint density at radius 1 is 1.19 bits per heavy atom. The molecule has 0 spiro atoms. The highest BCUT2D eigenvalue weighted by Crippen LogP contribution is 2.34. The first-order valence-corrected chi connectivity index (χ1v) is 10.2. The molecular weight excluding hydrogens is 360 g/mol. The van der Waals surface area contributed by atoms with E-state index in [9.17, 15) is 8.42 Å². The number of imidazole rings is 1. The molecule has 0 N–H and O–H groups in total. The Hall–Kier alpha value is -3.11. The lowest BCUT2D eigenvalue weighted by Crippen LogP contribution is -2.41. The number of fused-ring (bicyclic) bond motifs is 1. The summed E-state index contributed by atoms with van der Waals surface area (Å²) in [5.41, 5.74) is 2.79. The molecule has 3 aromatic rings. The number of sulfonamides is 1. The van der Waals surface area contributed by atoms with E-state index in [0.29, 0.717) is 17.7 Å². The minimum Gasteiger partial charge on any atom is -0.332 e. The number of hydrogen-bond donors (Lipinski definition) is 0. The zero-order valence-electron chi connectivity index (χ0n) is 14.6. The molecule has 0 amide bonds. The van der Waals surface area contributed by atoms with Gasteiger partial charge in [0.1, 0.15) is 0 Å². The Bertz CT molecular complexity index is 1100. The smallest absolute Gasteiger partial charge is 0.239 e. The summed E-state index contributed by atoms with van der Waals surface area (Å²) in [5.74, 6) is -0.145. The van der Waals surface area contributed by atoms with Gasteiger partial charge >= 0.3 is 0 Å². The first-order valence-electron chi connectivity index (χ1n) is 8.61. The van der Waals surface area contributed by atoms with Crippen molar-refractivity contribution >= 4 is 15.7 Å². The molecule has 4 rings (SSSR count). The molecule has 0 aliphatic carbocycles. The summed E-state index contributed by atoms with van der Waals surface area (Å²) < 4.78 is 30.0. The van der Waals surface area contributed by atoms with Crippen LogP contribution in [0.1, 0.15) is 22.7 Å². The van der Waals surface area contributed by atoms with Gasteiger partial charge in [-0.05, 0) is 35.7 Å². The average Bonchev–Trinajstić information content (AvgIpc) is 3.21. The van der Waals surface area contributed by atoms with E-state index in [1.54, 1.807) is 36.8 Å². The van der Waals surface area contributed by atoms with Gasteiger partial charge < -0.3 is 4.57 Å². The molecule has 1 unspecified atom stereocenters. The molecule has 0 saturated carbocycles. The third-order valence-corrected chi connectivity index (χ3v) is 6.50. The van der Waals surface area contributed by atoms with Crippen molar-refractivity contribution in [2.24, 2.45) is 0 Å². The zero-order chi connectivity index (χ0) is 18.9. The molecular formula is C20H18N4O2S. The van der Waals surface area contributed by atoms with E-state index < -0.39 is 10.0 Å². The lowest BCUT2D eigenvalue weighted by atomic mass is 10.00. The minimum absolute atomic E-state index is 0.0115. The fraction of sp³-hybridized carbons (Fsp3) is 0.200. The van der Waals surface area contributed by atoms with Crippen LogP contribution in [0.2, 0.25) is 0 Å². The number of rotatable bonds is 4. The summed E-state index contributed by atoms with van der Waals surface area (Å²) in [6.07, 6.45) is 6.04. The molecule has 6 nitrogen and oxygen atoms in total. The van der Waals surface area contributed by atoms with Crippen LogP contribution < -0.4 is 4.31 Å². The van der Waals surface area contributed by atoms with E-state index in [1.165, 1.54) is 4.31 Å². The quantitative estimate of drug-likeness (QED) is 0.699. The fourth-order valence-electron chi connectivity index (χ4n) is 3.50. The largest absolute Gasteiger partial charge is 0.332 e. The van der Waals surface area contributed by atoms with Crippen LogP contribution in [-0.4, -0.2) is 24.5 Å². The number of para-hydroxylation sites is 1. The Morgan fingerprint density at radius 2 is 2.04 bits per heavy atom. The van der Waals surface area contributed by atoms with Gasteiger partial charge in [-0.15, -0.1) is 0 Å². The standard InChI is InChI=1S/C20H18N4O2S/c21-12-16-4-3-5-17(10-16)14-27(25,26)24-13-19(23-9-8-22-15-23)11-18-6-1-2-7-20(18)24/h1-10,15,19H,11,13-14H2. The molecule has 1 aliphatic rings. The van der Waals surface area contributed by atoms with Gasteiger partial charge in [-0.2, -0.15) is 5.26 Å². The normalized spacial score (nSPS) is 16.6. The summed E-state index contributed by atoms with van der Waals surface area (Å²) in [6.45, 7) is 0.355. The van der Waals surface area contributed by atoms with Gasteiger partial charge in [-0.3, -0.25) is 4.31 Å². The van der Waals surface area contributed by atoms with Crippen molar-refractivity contribution in [1.82, 2.24) is 9.55 Å². The summed E-state index contributed by atoms with van der Waals surface area (Å²) in [7, 11) is -3.61. The maximum atomic E-state index is 13.3. The lowest BCUT2D eigenvalue weighted by molar-refractivity contribution is 0.487. The van der Waals surface area contributed by atoms with E-state index in [4.69, 9.17) is 5.26 Å². The second-order valence-electron chi connectivity index (χ2n) is 6.60. The molecule has 1 atom stereocenters. The predicted octanol–water partition coefficient (Wildman–Crippen LogP) is 2.89. The zero-order valence-corrected chi connectivity index (χ0v) is 15.4. The van der Waals surface area contributed by atoms with Gasteiger partial charge in [0.2, 0.25) is 10.0 Å². The summed E-state index contributed by atoms with van der Waals surface area (Å²) in [5, 5.41) is 9.06. The second-order valence-corrected chi connectivity index (χ2v) is 8.49. The van der Waals surface area contributed by atoms with E-state index in [0.717, 1.165) is 17.7 Å². The van der Waals surface area contributed by atoms with Crippen LogP contribution in [0.25, 0.3) is 0 Å². The van der Waals surface area contributed by atoms with Gasteiger partial charge in [0.15, 0.2) is 0 Å². The molecule has 0 radical (unpaired) electrons. The highest BCUT2D eigenvalue weighted by molar-refractivity contribution is 7.92. The Kier molecular flexibility index (Phi) is 4.42. The summed E-state index contributed by atoms with van der Waals surface area (Å²) in [6, 6.07) is 16.4. The van der Waals surface area contributed by atoms with E-state index in [1.807, 2.05) is 35.0 Å². The Labute approximate surface area is 158 Å². The molecule has 2 aromatic carbocycles. The first kappa shape index (κ1) is 17.3. The highest BCUT2D eigenvalue weighted by Gasteiger charge is 2.32. The van der Waals surface area contributed by atoms with Crippen LogP contribution >= 0.6 is 0 Å². The van der Waals surface area contributed by atoms with E-state index in [2.05, 4.69) is 11.1 Å². The van der Waals surface area contributed by atoms with Gasteiger partial charge in [0.05, 0.1) is 42.0 Å². The topological polar surface area (TPSA) is 79.0 Å². The van der Waals surface area contributed by atoms with Crippen LogP contribution in [0.4, 0.5) is 5.69 Å². The molecule has 0 fully saturated rings. The SMILES string of the molecule is N#Cc1cccc(CS(=O)(=O)N2CC(n3ccnc3)Cc3ccccc32)c1. The van der Waals surface area contributed by atoms with Gasteiger partial charge in [0, 0.05) is 12.4 Å². The number of nitriles is 1. The second kappa shape index (κ2) is 6.89. The van der Waals surface area contributed by atoms with Crippen LogP contribution in [0.3, 0.4) is 0 Å². The van der Waals surface area contributed by atoms with Crippen molar-refractivity contribution in [2.75, 3.05) is 10.8 Å². The van der Waals surface area contributed by atoms with Crippen molar-refractivity contribution in [3.05, 3.63) is 83.9 Å². The summed E-state index contributed by atoms with van der Waals surface area (Å²) >= 11 is 0. The van der Waals surface area contributed by atoms with Crippen molar-refractivity contribution in [3.8, 4) is 6.07 Å². The minimum atomic E-state index is -3.61. The number of anilines is 1. The van der Waals surface area contributed by atoms with Crippen molar-refractivity contribution in [3.63, 3.8) is 0 Å². The van der Waals surface area contributed by atoms with Gasteiger partial charge in [0.25, 0.3) is 0 Å². The molecule has 1 aliphatic heterocycles. The van der Waals surface area contributed by atoms with Crippen molar-refractivity contribution in [2.45, 2.75) is 18.2 Å². The molecule has 7 heteroatoms. The van der Waals surface area contributed by atoms with Crippen molar-refractivity contribution in [1.29, 1.82) is 5.26 Å². The molecule has 2 heterocycles. The predicted molar refractivity (Wildman–Crippen MR) is 103 cm³/mol. The van der Waals surface area contributed by atoms with Crippen LogP contribution in [0.15, 0.2) is 67.3 Å². The molecule has 0 bridgehead atoms. The molecule has 1 aromatic heterocycles. The monoisotopic (exact) mass is 378 g/mol. The number of benzene rings is 2. The fourth-order valence-corrected chi connectivity index (χ4v) is 5.14. The molecule has 0 saturated heterocycles. The first-order chi connectivity index (χ1) is 13.1. The Balaban J connectivity index is 1.70. The lowest BCUT2D eigenvalue weighted by Gasteiger charge is -2.35. The maximum Gasteiger partial charge on any atom is 0.239 e. The van der Waals surface area contributed by atoms with Crippen LogP contribution in [0, 0.1) is 11.3 Å². The molecule has 136 valence electrons. The van der Waals surface area contributed by atoms with Crippen LogP contribution in [0.5, 0.6) is 0 Å². The van der Waals surface area contributed by atoms with Crippen molar-refractivity contribution < 1.29 is 8.42 Å². The molecule has 27 heavy (non-hydrogen) atoms. The van der Waals surface area contributed by atoms with Gasteiger partial charge in [-0.25, -0.2) is 13.4 Å². The highest BCUT2D eigenvalue weighted by atomic mass is 32.2.